The van der Waals surface area contributed by atoms with Gasteiger partial charge in [0.05, 0.1) is 66.3 Å². The molecule has 9 aliphatic heterocycles. The summed E-state index contributed by atoms with van der Waals surface area (Å²) in [5.41, 5.74) is 16.8. The molecule has 7 aromatic rings. The molecule has 40 nitrogen and oxygen atoms in total. The van der Waals surface area contributed by atoms with Gasteiger partial charge in [-0.05, 0) is 139 Å². The maximum Gasteiger partial charge on any atom is 0.410 e. The largest absolute Gasteiger partial charge is 0.507 e. The van der Waals surface area contributed by atoms with E-state index in [4.69, 9.17) is 87.8 Å². The van der Waals surface area contributed by atoms with Crippen molar-refractivity contribution in [2.24, 2.45) is 23.1 Å². The number of aromatic hydroxyl groups is 3. The van der Waals surface area contributed by atoms with Crippen molar-refractivity contribution < 1.29 is 142 Å². The second-order valence-electron chi connectivity index (χ2n) is 36.0. The highest BCUT2D eigenvalue weighted by Crippen LogP contribution is 2.52. The van der Waals surface area contributed by atoms with Crippen molar-refractivity contribution in [1.29, 1.82) is 0 Å². The number of amides is 8. The van der Waals surface area contributed by atoms with Crippen molar-refractivity contribution in [2.75, 3.05) is 46.6 Å². The summed E-state index contributed by atoms with van der Waals surface area (Å²) >= 11 is 14.8. The Hall–Kier alpha value is -11.7. The maximum atomic E-state index is 16.8. The highest BCUT2D eigenvalue weighted by atomic mass is 35.5. The van der Waals surface area contributed by atoms with Gasteiger partial charge in [-0.15, -0.1) is 0 Å². The first kappa shape index (κ1) is 97.9. The minimum atomic E-state index is -2.46. The van der Waals surface area contributed by atoms with E-state index in [9.17, 15) is 65.4 Å². The number of fused-ring (bicyclic) bond motifs is 18. The number of ether oxygens (including phenoxy) is 10. The Balaban J connectivity index is 0.917. The fourth-order valence-corrected chi connectivity index (χ4v) is 18.8. The molecule has 4 fully saturated rings. The summed E-state index contributed by atoms with van der Waals surface area (Å²) in [6.45, 7) is 8.97. The monoisotopic (exact) mass is 1910 g/mol. The number of nitrogens with zero attached hydrogens (tertiary/aromatic N) is 2. The van der Waals surface area contributed by atoms with Crippen LogP contribution < -0.4 is 63.3 Å². The van der Waals surface area contributed by atoms with Crippen molar-refractivity contribution in [1.82, 2.24) is 41.7 Å². The number of carbonyl (C=O) groups excluding carboxylic acids is 8. The standard InChI is InChI=1S/C93H107Cl2N11O29/c1-39(2)26-57(105(7)91(125)127-38-53-48-14-10-8-12-46(48)47-13-9-11-15-49(47)53)84(118)103-72-74(111)43-17-20-60(54(94)28-43)130-62-30-45-31-63(79(62)135-90-80(77(114)76(113)64(37-107)132-90)134-67-35-93(6,98)82(116)41(4)129-67)131-61-21-18-44(29-55(61)95)78(133-66-34-92(5,97)81(115)40(3)128-66)73-88(122)102-71(89(123)124)51-32-59(109)52(36-106-22-24-126-25-23-106)75(112)68(51)50-27-42(16-19-58(50)108)69(85(119)104-73)101-86(120)70(45)100-83(117)56(33-65(96)110)99-87(72)121/h8-21,27-32,39-41,53,56-57,64,66-67,69-74,76-78,80-82,90,107-109,111-116H,22-26,33-38,97-98H2,1-7H3,(H2,96,110)(H,99,121)(H,100,117)(H,101,120)(H,102,122)(H,103,118)(H,104,119)(H,123,124)/t40-,41-,56-,57+,64-,66-,67-,69+,70+,71+,72+,73-,74+,76-,77+,78+,80-,81+,82+,90+,92-,93-/m0/s1. The molecule has 0 saturated carbocycles. The number of likely N-dealkylation sites (N-methyl/N-ethyl adjacent to an activating group) is 1. The first-order chi connectivity index (χ1) is 64.1. The van der Waals surface area contributed by atoms with Gasteiger partial charge in [-0.2, -0.15) is 0 Å². The van der Waals surface area contributed by atoms with E-state index < -0.39 is 289 Å². The van der Waals surface area contributed by atoms with E-state index in [1.807, 2.05) is 48.5 Å². The Morgan fingerprint density at radius 2 is 1.21 bits per heavy atom. The number of rotatable bonds is 19. The fraction of sp³-hybridized carbons (Fsp3) is 0.452. The van der Waals surface area contributed by atoms with Crippen molar-refractivity contribution in [3.05, 3.63) is 176 Å². The Bertz CT molecular complexity index is 5680. The SMILES string of the molecule is CC(C)C[C@H](C(=O)N[C@H]1C(=O)N[C@@H](CC(N)=O)C(=O)N[C@H]2C(=O)N[C@H]3C(=O)N[C@H](C(=O)N[C@@H](C(=O)O)c4cc(O)c(CN5CCOCC5)c(O)c4-c4cc3ccc4O)[C@H](O[C@H]3C[C@](C)(N)[C@H](O)[C@H](C)O3)c3ccc(c(Cl)c3)Oc3cc2cc(c3O[C@H]2O[C@@H](CO)[C@H](O)[C@@H](O)[C@@H]2O[C@H]2C[C@](C)(N)[C@H](O)[C@H](C)O2)Oc2ccc(cc2Cl)[C@H]1O)N(C)C(=O)OCC1c2ccccc2-c2ccccc21. The van der Waals surface area contributed by atoms with Crippen molar-refractivity contribution >= 4 is 76.6 Å². The van der Waals surface area contributed by atoms with Crippen LogP contribution in [-0.2, 0) is 78.1 Å². The highest BCUT2D eigenvalue weighted by Gasteiger charge is 2.53. The number of aliphatic carboxylic acids is 1. The number of carbonyl (C=O) groups is 9. The quantitative estimate of drug-likeness (QED) is 0.0547. The summed E-state index contributed by atoms with van der Waals surface area (Å²) in [6, 6.07) is 12.9. The van der Waals surface area contributed by atoms with Crippen molar-refractivity contribution in [3.63, 3.8) is 0 Å². The molecular formula is C93H107Cl2N11O29. The molecule has 9 heterocycles. The minimum absolute atomic E-state index is 0.106. The number of morpholine rings is 1. The molecule has 22 atom stereocenters. The van der Waals surface area contributed by atoms with Crippen LogP contribution in [0, 0.1) is 5.92 Å². The number of carboxylic acids is 1. The first-order valence-electron chi connectivity index (χ1n) is 43.8. The number of nitrogens with two attached hydrogens (primary N) is 3. The van der Waals surface area contributed by atoms with Crippen LogP contribution in [0.15, 0.2) is 121 Å². The van der Waals surface area contributed by atoms with Crippen LogP contribution >= 0.6 is 23.2 Å². The van der Waals surface area contributed by atoms with Gasteiger partial charge >= 0.3 is 12.1 Å². The third kappa shape index (κ3) is 20.5. The lowest BCUT2D eigenvalue weighted by Crippen LogP contribution is -2.64. The van der Waals surface area contributed by atoms with Crippen LogP contribution in [0.2, 0.25) is 10.0 Å². The Labute approximate surface area is 782 Å². The van der Waals surface area contributed by atoms with Gasteiger partial charge < -0.3 is 148 Å². The topological polar surface area (TPSA) is 605 Å². The number of halogens is 2. The summed E-state index contributed by atoms with van der Waals surface area (Å²) in [4.78, 5) is 142. The average Bonchev–Trinajstić information content (AvgIpc) is 1.66. The van der Waals surface area contributed by atoms with E-state index in [0.717, 1.165) is 75.7 Å². The Morgan fingerprint density at radius 1 is 0.637 bits per heavy atom. The van der Waals surface area contributed by atoms with Crippen LogP contribution in [0.1, 0.15) is 148 Å². The molecular weight excluding hydrogens is 1810 g/mol. The van der Waals surface area contributed by atoms with Gasteiger partial charge in [-0.25, -0.2) is 9.59 Å². The summed E-state index contributed by atoms with van der Waals surface area (Å²) in [7, 11) is 1.29. The molecule has 7 aromatic carbocycles. The molecule has 4 saturated heterocycles. The third-order valence-electron chi connectivity index (χ3n) is 25.6. The summed E-state index contributed by atoms with van der Waals surface area (Å²) in [6.07, 6.45) is -24.8. The molecule has 42 heteroatoms. The lowest BCUT2D eigenvalue weighted by atomic mass is 9.86. The first-order valence-corrected chi connectivity index (χ1v) is 44.6. The van der Waals surface area contributed by atoms with Gasteiger partial charge in [-0.3, -0.25) is 43.4 Å². The molecule has 135 heavy (non-hydrogen) atoms. The molecule has 1 aliphatic carbocycles. The van der Waals surface area contributed by atoms with Crippen molar-refractivity contribution in [2.45, 2.75) is 213 Å². The van der Waals surface area contributed by atoms with Gasteiger partial charge in [0.2, 0.25) is 53.4 Å². The van der Waals surface area contributed by atoms with Gasteiger partial charge in [-0.1, -0.05) is 104 Å². The number of phenols is 3. The zero-order chi connectivity index (χ0) is 97.0. The van der Waals surface area contributed by atoms with Crippen LogP contribution in [0.25, 0.3) is 22.3 Å². The molecule has 0 radical (unpaired) electrons. The molecule has 0 unspecified atom stereocenters. The van der Waals surface area contributed by atoms with Crippen LogP contribution in [0.3, 0.4) is 0 Å². The second-order valence-corrected chi connectivity index (χ2v) is 36.8. The zero-order valence-electron chi connectivity index (χ0n) is 74.1. The second kappa shape index (κ2) is 40.0. The number of carboxylic acid groups (broad SMARTS) is 1. The number of phenolic OH excluding ortho intramolecular Hbond substituents is 3. The molecule has 722 valence electrons. The highest BCUT2D eigenvalue weighted by molar-refractivity contribution is 6.32. The third-order valence-corrected chi connectivity index (χ3v) is 26.2. The lowest BCUT2D eigenvalue weighted by molar-refractivity contribution is -0.333. The number of aliphatic hydroxyl groups excluding tert-OH is 6. The summed E-state index contributed by atoms with van der Waals surface area (Å²) < 4.78 is 63.9. The normalized spacial score (nSPS) is 29.6. The number of hydrogen-bond acceptors (Lipinski definition) is 31. The molecule has 10 aliphatic rings. The number of aliphatic hydroxyl groups is 6. The van der Waals surface area contributed by atoms with E-state index in [1.165, 1.54) is 59.0 Å². The van der Waals surface area contributed by atoms with E-state index in [0.29, 0.717) is 0 Å². The predicted molar refractivity (Wildman–Crippen MR) is 476 cm³/mol. The van der Waals surface area contributed by atoms with E-state index in [2.05, 4.69) is 31.9 Å². The van der Waals surface area contributed by atoms with Gasteiger partial charge in [0, 0.05) is 73.2 Å². The average molecular weight is 1910 g/mol. The minimum Gasteiger partial charge on any atom is -0.507 e. The van der Waals surface area contributed by atoms with Crippen LogP contribution in [0.4, 0.5) is 4.79 Å². The number of hydrogen-bond donors (Lipinski definition) is 19. The molecule has 22 N–H and O–H groups in total. The fourth-order valence-electron chi connectivity index (χ4n) is 18.3. The van der Waals surface area contributed by atoms with Gasteiger partial charge in [0.25, 0.3) is 0 Å². The Kier molecular flexibility index (Phi) is 29.0. The molecule has 8 amide bonds. The number of nitrogens with one attached hydrogen (secondary N) is 6. The predicted octanol–water partition coefficient (Wildman–Crippen LogP) is 3.84. The lowest BCUT2D eigenvalue weighted by Gasteiger charge is -2.47. The zero-order valence-corrected chi connectivity index (χ0v) is 75.7. The van der Waals surface area contributed by atoms with Crippen LogP contribution in [0.5, 0.6) is 46.0 Å². The molecule has 11 bridgehead atoms. The summed E-state index contributed by atoms with van der Waals surface area (Å²) in [5, 5.41) is 133. The molecule has 0 spiro atoms. The smallest absolute Gasteiger partial charge is 0.410 e. The summed E-state index contributed by atoms with van der Waals surface area (Å²) in [5.74, 6) is -17.5. The van der Waals surface area contributed by atoms with E-state index in [1.54, 1.807) is 18.7 Å². The maximum absolute atomic E-state index is 16.8. The molecule has 17 rings (SSSR count). The molecule has 0 aromatic heterocycles. The van der Waals surface area contributed by atoms with Crippen molar-refractivity contribution in [3.8, 4) is 68.2 Å². The van der Waals surface area contributed by atoms with E-state index in [-0.39, 0.29) is 81.3 Å². The van der Waals surface area contributed by atoms with Crippen LogP contribution in [-0.4, -0.2) is 264 Å². The Morgan fingerprint density at radius 3 is 1.79 bits per heavy atom. The van der Waals surface area contributed by atoms with Gasteiger partial charge in [0.1, 0.15) is 102 Å². The van der Waals surface area contributed by atoms with Gasteiger partial charge in [0.15, 0.2) is 36.2 Å². The van der Waals surface area contributed by atoms with E-state index >= 15 is 28.8 Å². The number of primary amides is 1. The number of benzene rings is 7.